The van der Waals surface area contributed by atoms with Crippen LogP contribution < -0.4 is 10.5 Å². The zero-order chi connectivity index (χ0) is 11.3. The van der Waals surface area contributed by atoms with Crippen LogP contribution >= 0.6 is 11.8 Å². The van der Waals surface area contributed by atoms with Crippen molar-refractivity contribution < 1.29 is 4.74 Å². The van der Waals surface area contributed by atoms with Crippen LogP contribution in [-0.2, 0) is 4.75 Å². The van der Waals surface area contributed by atoms with Crippen LogP contribution in [-0.4, -0.2) is 19.4 Å². The number of thioether (sulfide) groups is 1. The summed E-state index contributed by atoms with van der Waals surface area (Å²) in [6, 6.07) is 8.23. The number of ether oxygens (including phenoxy) is 1. The molecule has 1 rings (SSSR count). The third kappa shape index (κ3) is 3.43. The predicted octanol–water partition coefficient (Wildman–Crippen LogP) is 2.62. The summed E-state index contributed by atoms with van der Waals surface area (Å²) in [7, 11) is 1.68. The van der Waals surface area contributed by atoms with Gasteiger partial charge in [-0.2, -0.15) is 0 Å². The van der Waals surface area contributed by atoms with Gasteiger partial charge in [0.1, 0.15) is 5.75 Å². The van der Waals surface area contributed by atoms with Gasteiger partial charge in [0.2, 0.25) is 0 Å². The molecule has 2 nitrogen and oxygen atoms in total. The van der Waals surface area contributed by atoms with Crippen molar-refractivity contribution in [3.63, 3.8) is 0 Å². The summed E-state index contributed by atoms with van der Waals surface area (Å²) >= 11 is 1.88. The molecule has 0 atom stereocenters. The third-order valence-electron chi connectivity index (χ3n) is 2.37. The van der Waals surface area contributed by atoms with Crippen molar-refractivity contribution in [1.29, 1.82) is 0 Å². The lowest BCUT2D eigenvalue weighted by Crippen LogP contribution is -2.15. The van der Waals surface area contributed by atoms with E-state index in [9.17, 15) is 0 Å². The Morgan fingerprint density at radius 3 is 2.33 bits per heavy atom. The SMILES string of the molecule is COc1ccc(C(C)(C)SCCN)cc1. The second kappa shape index (κ2) is 5.42. The van der Waals surface area contributed by atoms with E-state index < -0.39 is 0 Å². The molecule has 3 heteroatoms. The van der Waals surface area contributed by atoms with Crippen LogP contribution in [0.1, 0.15) is 19.4 Å². The summed E-state index contributed by atoms with van der Waals surface area (Å²) in [6.45, 7) is 5.16. The zero-order valence-corrected chi connectivity index (χ0v) is 10.4. The van der Waals surface area contributed by atoms with E-state index in [1.165, 1.54) is 5.56 Å². The van der Waals surface area contributed by atoms with Crippen LogP contribution in [0.3, 0.4) is 0 Å². The Morgan fingerprint density at radius 1 is 1.27 bits per heavy atom. The van der Waals surface area contributed by atoms with E-state index >= 15 is 0 Å². The zero-order valence-electron chi connectivity index (χ0n) is 9.62. The molecule has 0 saturated heterocycles. The molecule has 84 valence electrons. The first-order valence-corrected chi connectivity index (χ1v) is 6.07. The van der Waals surface area contributed by atoms with Crippen LogP contribution in [0.4, 0.5) is 0 Å². The van der Waals surface area contributed by atoms with E-state index in [4.69, 9.17) is 10.5 Å². The predicted molar refractivity (Wildman–Crippen MR) is 67.5 cm³/mol. The van der Waals surface area contributed by atoms with Gasteiger partial charge < -0.3 is 10.5 Å². The highest BCUT2D eigenvalue weighted by Crippen LogP contribution is 2.35. The lowest BCUT2D eigenvalue weighted by molar-refractivity contribution is 0.414. The molecule has 1 aromatic rings. The van der Waals surface area contributed by atoms with Crippen molar-refractivity contribution >= 4 is 11.8 Å². The van der Waals surface area contributed by atoms with E-state index in [0.717, 1.165) is 18.0 Å². The molecule has 2 N–H and O–H groups in total. The standard InChI is InChI=1S/C12H19NOS/c1-12(2,15-9-8-13)10-4-6-11(14-3)7-5-10/h4-7H,8-9,13H2,1-3H3. The number of benzene rings is 1. The van der Waals surface area contributed by atoms with Gasteiger partial charge in [-0.05, 0) is 31.5 Å². The Kier molecular flexibility index (Phi) is 4.48. The van der Waals surface area contributed by atoms with Gasteiger partial charge in [-0.15, -0.1) is 11.8 Å². The van der Waals surface area contributed by atoms with E-state index in [0.29, 0.717) is 0 Å². The van der Waals surface area contributed by atoms with Crippen molar-refractivity contribution in [2.75, 3.05) is 19.4 Å². The molecule has 0 aliphatic rings. The molecule has 0 aliphatic heterocycles. The number of nitrogens with two attached hydrogens (primary N) is 1. The summed E-state index contributed by atoms with van der Waals surface area (Å²) in [5.74, 6) is 1.89. The van der Waals surface area contributed by atoms with Crippen molar-refractivity contribution in [1.82, 2.24) is 0 Å². The van der Waals surface area contributed by atoms with Gasteiger partial charge in [-0.1, -0.05) is 12.1 Å². The second-order valence-electron chi connectivity index (χ2n) is 3.88. The maximum atomic E-state index is 5.52. The van der Waals surface area contributed by atoms with E-state index in [1.807, 2.05) is 23.9 Å². The van der Waals surface area contributed by atoms with E-state index in [-0.39, 0.29) is 4.75 Å². The summed E-state index contributed by atoms with van der Waals surface area (Å²) in [5, 5.41) is 0. The Hall–Kier alpha value is -0.670. The van der Waals surface area contributed by atoms with Crippen LogP contribution in [0, 0.1) is 0 Å². The fourth-order valence-corrected chi connectivity index (χ4v) is 2.32. The lowest BCUT2D eigenvalue weighted by Gasteiger charge is -2.24. The number of hydrogen-bond donors (Lipinski definition) is 1. The molecule has 0 heterocycles. The molecule has 0 bridgehead atoms. The molecule has 0 amide bonds. The minimum atomic E-state index is 0.117. The molecule has 0 aliphatic carbocycles. The number of rotatable bonds is 5. The average molecular weight is 225 g/mol. The fraction of sp³-hybridized carbons (Fsp3) is 0.500. The molecule has 0 fully saturated rings. The van der Waals surface area contributed by atoms with Gasteiger partial charge in [0, 0.05) is 17.0 Å². The smallest absolute Gasteiger partial charge is 0.118 e. The molecular weight excluding hydrogens is 206 g/mol. The summed E-state index contributed by atoms with van der Waals surface area (Å²) in [5.41, 5.74) is 6.83. The Labute approximate surface area is 96.2 Å². The quantitative estimate of drug-likeness (QED) is 0.836. The van der Waals surface area contributed by atoms with E-state index in [1.54, 1.807) is 7.11 Å². The maximum absolute atomic E-state index is 5.52. The minimum absolute atomic E-state index is 0.117. The molecular formula is C12H19NOS. The Balaban J connectivity index is 2.75. The van der Waals surface area contributed by atoms with E-state index in [2.05, 4.69) is 26.0 Å². The fourth-order valence-electron chi connectivity index (χ4n) is 1.39. The van der Waals surface area contributed by atoms with Crippen LogP contribution in [0.15, 0.2) is 24.3 Å². The number of methoxy groups -OCH3 is 1. The average Bonchev–Trinajstić information content (AvgIpc) is 2.26. The van der Waals surface area contributed by atoms with Crippen molar-refractivity contribution in [3.8, 4) is 5.75 Å². The van der Waals surface area contributed by atoms with Gasteiger partial charge in [-0.3, -0.25) is 0 Å². The molecule has 0 aromatic heterocycles. The minimum Gasteiger partial charge on any atom is -0.497 e. The Morgan fingerprint density at radius 2 is 1.87 bits per heavy atom. The van der Waals surface area contributed by atoms with Crippen molar-refractivity contribution in [2.45, 2.75) is 18.6 Å². The van der Waals surface area contributed by atoms with Crippen LogP contribution in [0.2, 0.25) is 0 Å². The van der Waals surface area contributed by atoms with Gasteiger partial charge in [0.25, 0.3) is 0 Å². The van der Waals surface area contributed by atoms with Gasteiger partial charge in [0.05, 0.1) is 7.11 Å². The normalized spacial score (nSPS) is 11.5. The van der Waals surface area contributed by atoms with Gasteiger partial charge in [-0.25, -0.2) is 0 Å². The molecule has 0 radical (unpaired) electrons. The third-order valence-corrected chi connectivity index (χ3v) is 3.76. The highest BCUT2D eigenvalue weighted by atomic mass is 32.2. The summed E-state index contributed by atoms with van der Waals surface area (Å²) in [4.78, 5) is 0. The highest BCUT2D eigenvalue weighted by Gasteiger charge is 2.20. The monoisotopic (exact) mass is 225 g/mol. The molecule has 0 unspecified atom stereocenters. The van der Waals surface area contributed by atoms with Gasteiger partial charge in [0.15, 0.2) is 0 Å². The topological polar surface area (TPSA) is 35.2 Å². The Bertz CT molecular complexity index is 295. The van der Waals surface area contributed by atoms with Crippen molar-refractivity contribution in [3.05, 3.63) is 29.8 Å². The van der Waals surface area contributed by atoms with Crippen LogP contribution in [0.5, 0.6) is 5.75 Å². The van der Waals surface area contributed by atoms with Gasteiger partial charge >= 0.3 is 0 Å². The summed E-state index contributed by atoms with van der Waals surface area (Å²) < 4.78 is 5.25. The first-order valence-electron chi connectivity index (χ1n) is 5.08. The molecule has 0 saturated carbocycles. The largest absolute Gasteiger partial charge is 0.497 e. The lowest BCUT2D eigenvalue weighted by atomic mass is 10.0. The van der Waals surface area contributed by atoms with Crippen molar-refractivity contribution in [2.24, 2.45) is 5.73 Å². The molecule has 0 spiro atoms. The van der Waals surface area contributed by atoms with Crippen LogP contribution in [0.25, 0.3) is 0 Å². The molecule has 1 aromatic carbocycles. The molecule has 15 heavy (non-hydrogen) atoms. The maximum Gasteiger partial charge on any atom is 0.118 e. The number of hydrogen-bond acceptors (Lipinski definition) is 3. The first kappa shape index (κ1) is 12.4. The summed E-state index contributed by atoms with van der Waals surface area (Å²) in [6.07, 6.45) is 0. The first-order chi connectivity index (χ1) is 7.10. The second-order valence-corrected chi connectivity index (χ2v) is 5.59. The highest BCUT2D eigenvalue weighted by molar-refractivity contribution is 8.00.